The number of halogens is 1. The minimum Gasteiger partial charge on any atom is -0.410 e. The van der Waals surface area contributed by atoms with Gasteiger partial charge >= 0.3 is 0 Å². The Morgan fingerprint density at radius 3 is 2.38 bits per heavy atom. The molecular formula is C15H13BrN4O. The van der Waals surface area contributed by atoms with Crippen LogP contribution in [-0.2, 0) is 0 Å². The summed E-state index contributed by atoms with van der Waals surface area (Å²) in [6.45, 7) is 0. The molecule has 106 valence electrons. The number of nitrogens with two attached hydrogens (primary N) is 1. The van der Waals surface area contributed by atoms with Crippen molar-refractivity contribution in [1.29, 1.82) is 0 Å². The Morgan fingerprint density at radius 2 is 1.76 bits per heavy atom. The molecule has 1 heterocycles. The van der Waals surface area contributed by atoms with E-state index in [1.165, 1.54) is 0 Å². The molecule has 0 amide bonds. The van der Waals surface area contributed by atoms with Gasteiger partial charge in [0.05, 0.1) is 5.69 Å². The van der Waals surface area contributed by atoms with Crippen molar-refractivity contribution in [3.8, 4) is 0 Å². The number of benzene rings is 2. The van der Waals surface area contributed by atoms with E-state index in [-0.39, 0.29) is 0 Å². The first-order chi connectivity index (χ1) is 10.2. The van der Waals surface area contributed by atoms with Crippen molar-refractivity contribution in [1.82, 2.24) is 0 Å². The maximum atomic E-state index is 9.27. The van der Waals surface area contributed by atoms with Crippen molar-refractivity contribution in [2.24, 2.45) is 16.0 Å². The first kappa shape index (κ1) is 13.8. The fraction of sp³-hybridized carbons (Fsp3) is 0.0667. The van der Waals surface area contributed by atoms with Gasteiger partial charge in [0.15, 0.2) is 0 Å². The van der Waals surface area contributed by atoms with Gasteiger partial charge in [-0.25, -0.2) is 5.01 Å². The fourth-order valence-electron chi connectivity index (χ4n) is 2.20. The summed E-state index contributed by atoms with van der Waals surface area (Å²) in [5.41, 5.74) is 8.76. The topological polar surface area (TPSA) is 74.2 Å². The van der Waals surface area contributed by atoms with E-state index in [4.69, 9.17) is 5.73 Å². The van der Waals surface area contributed by atoms with Gasteiger partial charge in [-0.05, 0) is 24.3 Å². The second kappa shape index (κ2) is 5.67. The molecule has 1 unspecified atom stereocenters. The van der Waals surface area contributed by atoms with Crippen molar-refractivity contribution in [2.75, 3.05) is 5.01 Å². The standard InChI is InChI=1S/C15H13BrN4O/c16-11-6-8-12(9-7-11)20-15(17)14(19-21)13(18-20)10-4-2-1-3-5-10/h1-9,15,21H,17H2/b19-14-. The molecule has 1 aliphatic heterocycles. The van der Waals surface area contributed by atoms with Crippen molar-refractivity contribution in [3.63, 3.8) is 0 Å². The van der Waals surface area contributed by atoms with E-state index in [0.717, 1.165) is 15.7 Å². The highest BCUT2D eigenvalue weighted by Crippen LogP contribution is 2.25. The lowest BCUT2D eigenvalue weighted by Gasteiger charge is -2.19. The molecule has 0 fully saturated rings. The number of hydrogen-bond donors (Lipinski definition) is 2. The third-order valence-corrected chi connectivity index (χ3v) is 3.77. The van der Waals surface area contributed by atoms with E-state index < -0.39 is 6.17 Å². The maximum Gasteiger partial charge on any atom is 0.148 e. The van der Waals surface area contributed by atoms with Crippen LogP contribution in [-0.4, -0.2) is 22.8 Å². The van der Waals surface area contributed by atoms with Crippen LogP contribution in [0.4, 0.5) is 5.69 Å². The molecule has 2 aromatic carbocycles. The summed E-state index contributed by atoms with van der Waals surface area (Å²) in [5, 5.41) is 18.8. The number of oxime groups is 1. The van der Waals surface area contributed by atoms with E-state index in [1.54, 1.807) is 5.01 Å². The molecule has 1 atom stereocenters. The average Bonchev–Trinajstić information content (AvgIpc) is 2.86. The molecule has 0 radical (unpaired) electrons. The Hall–Kier alpha value is -2.18. The van der Waals surface area contributed by atoms with Crippen molar-refractivity contribution < 1.29 is 5.21 Å². The van der Waals surface area contributed by atoms with Crippen LogP contribution >= 0.6 is 15.9 Å². The lowest BCUT2D eigenvalue weighted by molar-refractivity contribution is 0.318. The molecule has 3 N–H and O–H groups in total. The van der Waals surface area contributed by atoms with Gasteiger partial charge in [-0.15, -0.1) is 0 Å². The molecule has 6 heteroatoms. The van der Waals surface area contributed by atoms with Gasteiger partial charge in [0.25, 0.3) is 0 Å². The average molecular weight is 345 g/mol. The highest BCUT2D eigenvalue weighted by molar-refractivity contribution is 9.10. The summed E-state index contributed by atoms with van der Waals surface area (Å²) in [6, 6.07) is 17.2. The maximum absolute atomic E-state index is 9.27. The molecule has 0 bridgehead atoms. The van der Waals surface area contributed by atoms with Crippen LogP contribution in [0.5, 0.6) is 0 Å². The van der Waals surface area contributed by atoms with Crippen LogP contribution in [0.2, 0.25) is 0 Å². The second-order valence-corrected chi connectivity index (χ2v) is 5.48. The minimum atomic E-state index is -0.619. The van der Waals surface area contributed by atoms with E-state index in [0.29, 0.717) is 11.4 Å². The predicted octanol–water partition coefficient (Wildman–Crippen LogP) is 2.79. The first-order valence-corrected chi connectivity index (χ1v) is 7.17. The van der Waals surface area contributed by atoms with E-state index in [1.807, 2.05) is 54.6 Å². The van der Waals surface area contributed by atoms with Crippen LogP contribution in [0.1, 0.15) is 5.56 Å². The van der Waals surface area contributed by atoms with Gasteiger partial charge < -0.3 is 10.9 Å². The highest BCUT2D eigenvalue weighted by atomic mass is 79.9. The van der Waals surface area contributed by atoms with Gasteiger partial charge in [-0.3, -0.25) is 0 Å². The van der Waals surface area contributed by atoms with Crippen LogP contribution in [0.15, 0.2) is 69.3 Å². The first-order valence-electron chi connectivity index (χ1n) is 6.37. The molecule has 0 spiro atoms. The number of hydrogen-bond acceptors (Lipinski definition) is 5. The molecular weight excluding hydrogens is 332 g/mol. The van der Waals surface area contributed by atoms with Gasteiger partial charge in [-0.2, -0.15) is 5.10 Å². The Bertz CT molecular complexity index is 697. The molecule has 0 saturated heterocycles. The van der Waals surface area contributed by atoms with Crippen molar-refractivity contribution in [3.05, 3.63) is 64.6 Å². The van der Waals surface area contributed by atoms with Gasteiger partial charge in [0, 0.05) is 10.0 Å². The number of nitrogens with zero attached hydrogens (tertiary/aromatic N) is 3. The minimum absolute atomic E-state index is 0.351. The van der Waals surface area contributed by atoms with Crippen LogP contribution in [0.3, 0.4) is 0 Å². The van der Waals surface area contributed by atoms with Crippen LogP contribution in [0, 0.1) is 0 Å². The largest absolute Gasteiger partial charge is 0.410 e. The molecule has 1 aliphatic rings. The Balaban J connectivity index is 2.03. The lowest BCUT2D eigenvalue weighted by atomic mass is 10.1. The Kier molecular flexibility index (Phi) is 3.72. The summed E-state index contributed by atoms with van der Waals surface area (Å²) >= 11 is 3.39. The summed E-state index contributed by atoms with van der Waals surface area (Å²) in [5.74, 6) is 0. The number of anilines is 1. The Labute approximate surface area is 130 Å². The van der Waals surface area contributed by atoms with E-state index in [9.17, 15) is 5.21 Å². The summed E-state index contributed by atoms with van der Waals surface area (Å²) in [6.07, 6.45) is -0.619. The monoisotopic (exact) mass is 344 g/mol. The zero-order valence-corrected chi connectivity index (χ0v) is 12.6. The SMILES string of the molecule is NC1/C(=N\O)C(c2ccccc2)=NN1c1ccc(Br)cc1. The van der Waals surface area contributed by atoms with Crippen LogP contribution in [0.25, 0.3) is 0 Å². The molecule has 0 aliphatic carbocycles. The smallest absolute Gasteiger partial charge is 0.148 e. The van der Waals surface area contributed by atoms with Crippen molar-refractivity contribution in [2.45, 2.75) is 6.17 Å². The van der Waals surface area contributed by atoms with E-state index in [2.05, 4.69) is 26.2 Å². The lowest BCUT2D eigenvalue weighted by Crippen LogP contribution is -2.41. The second-order valence-electron chi connectivity index (χ2n) is 4.57. The van der Waals surface area contributed by atoms with E-state index >= 15 is 0 Å². The number of rotatable bonds is 2. The Morgan fingerprint density at radius 1 is 1.10 bits per heavy atom. The third kappa shape index (κ3) is 2.55. The molecule has 3 rings (SSSR count). The molecule has 21 heavy (non-hydrogen) atoms. The summed E-state index contributed by atoms with van der Waals surface area (Å²) in [7, 11) is 0. The molecule has 0 aromatic heterocycles. The number of hydrazone groups is 1. The van der Waals surface area contributed by atoms with Gasteiger partial charge in [-0.1, -0.05) is 51.4 Å². The molecule has 0 saturated carbocycles. The van der Waals surface area contributed by atoms with Crippen LogP contribution < -0.4 is 10.7 Å². The highest BCUT2D eigenvalue weighted by Gasteiger charge is 2.33. The van der Waals surface area contributed by atoms with Gasteiger partial charge in [0.1, 0.15) is 17.6 Å². The fourth-order valence-corrected chi connectivity index (χ4v) is 2.46. The van der Waals surface area contributed by atoms with Gasteiger partial charge in [0.2, 0.25) is 0 Å². The third-order valence-electron chi connectivity index (χ3n) is 3.24. The summed E-state index contributed by atoms with van der Waals surface area (Å²) in [4.78, 5) is 0. The molecule has 2 aromatic rings. The zero-order chi connectivity index (χ0) is 14.8. The normalized spacial score (nSPS) is 19.9. The summed E-state index contributed by atoms with van der Waals surface area (Å²) < 4.78 is 0.974. The molecule has 5 nitrogen and oxygen atoms in total. The predicted molar refractivity (Wildman–Crippen MR) is 86.8 cm³/mol. The zero-order valence-electron chi connectivity index (χ0n) is 11.0. The quantitative estimate of drug-likeness (QED) is 0.649. The van der Waals surface area contributed by atoms with Crippen molar-refractivity contribution >= 4 is 33.0 Å².